The Morgan fingerprint density at radius 2 is 2.31 bits per heavy atom. The van der Waals surface area contributed by atoms with Gasteiger partial charge in [-0.1, -0.05) is 6.08 Å². The number of hydrogen-bond donors (Lipinski definition) is 1. The molecule has 0 bridgehead atoms. The Labute approximate surface area is 81.2 Å². The lowest BCUT2D eigenvalue weighted by Crippen LogP contribution is -2.37. The van der Waals surface area contributed by atoms with Crippen molar-refractivity contribution in [2.24, 2.45) is 5.92 Å². The van der Waals surface area contributed by atoms with E-state index < -0.39 is 0 Å². The lowest BCUT2D eigenvalue weighted by Gasteiger charge is -2.30. The van der Waals surface area contributed by atoms with Gasteiger partial charge in [-0.3, -0.25) is 4.90 Å². The van der Waals surface area contributed by atoms with Gasteiger partial charge in [-0.15, -0.1) is 6.58 Å². The van der Waals surface area contributed by atoms with Gasteiger partial charge in [0.1, 0.15) is 0 Å². The molecule has 0 spiro atoms. The molecule has 0 aromatic heterocycles. The smallest absolute Gasteiger partial charge is 0.0434 e. The zero-order valence-corrected chi connectivity index (χ0v) is 8.79. The third kappa shape index (κ3) is 2.55. The van der Waals surface area contributed by atoms with Crippen molar-refractivity contribution in [3.63, 3.8) is 0 Å². The minimum atomic E-state index is 0.286. The van der Waals surface area contributed by atoms with Gasteiger partial charge < -0.3 is 5.11 Å². The molecule has 0 amide bonds. The Morgan fingerprint density at radius 1 is 1.62 bits per heavy atom. The predicted octanol–water partition coefficient (Wildman–Crippen LogP) is 1.66. The van der Waals surface area contributed by atoms with E-state index >= 15 is 0 Å². The van der Waals surface area contributed by atoms with E-state index in [9.17, 15) is 0 Å². The molecule has 1 aliphatic rings. The van der Waals surface area contributed by atoms with Crippen LogP contribution < -0.4 is 0 Å². The first-order valence-electron chi connectivity index (χ1n) is 5.07. The van der Waals surface area contributed by atoms with E-state index in [4.69, 9.17) is 5.11 Å². The van der Waals surface area contributed by atoms with E-state index in [0.717, 1.165) is 19.5 Å². The van der Waals surface area contributed by atoms with Crippen molar-refractivity contribution in [2.75, 3.05) is 19.7 Å². The summed E-state index contributed by atoms with van der Waals surface area (Å²) in [6.07, 6.45) is 4.10. The Bertz CT molecular complexity index is 177. The summed E-state index contributed by atoms with van der Waals surface area (Å²) in [5.41, 5.74) is 0.286. The highest BCUT2D eigenvalue weighted by Crippen LogP contribution is 2.33. The first kappa shape index (κ1) is 10.7. The molecule has 1 rings (SSSR count). The highest BCUT2D eigenvalue weighted by molar-refractivity contribution is 4.95. The van der Waals surface area contributed by atoms with Crippen LogP contribution in [0.25, 0.3) is 0 Å². The summed E-state index contributed by atoms with van der Waals surface area (Å²) < 4.78 is 0. The molecule has 2 nitrogen and oxygen atoms in total. The summed E-state index contributed by atoms with van der Waals surface area (Å²) in [4.78, 5) is 2.44. The monoisotopic (exact) mass is 183 g/mol. The highest BCUT2D eigenvalue weighted by atomic mass is 16.3. The van der Waals surface area contributed by atoms with E-state index in [2.05, 4.69) is 25.3 Å². The maximum atomic E-state index is 8.87. The summed E-state index contributed by atoms with van der Waals surface area (Å²) >= 11 is 0. The predicted molar refractivity (Wildman–Crippen MR) is 55.7 cm³/mol. The number of aliphatic hydroxyl groups is 1. The molecule has 0 aliphatic carbocycles. The van der Waals surface area contributed by atoms with Gasteiger partial charge in [0, 0.05) is 25.2 Å². The second-order valence-corrected chi connectivity index (χ2v) is 4.59. The maximum Gasteiger partial charge on any atom is 0.0434 e. The lowest BCUT2D eigenvalue weighted by atomic mass is 9.95. The van der Waals surface area contributed by atoms with Crippen molar-refractivity contribution in [2.45, 2.75) is 32.2 Å². The molecular formula is C11H21NO. The van der Waals surface area contributed by atoms with Gasteiger partial charge in [-0.25, -0.2) is 0 Å². The van der Waals surface area contributed by atoms with Crippen LogP contribution in [0.3, 0.4) is 0 Å². The first-order chi connectivity index (χ1) is 6.10. The van der Waals surface area contributed by atoms with Crippen LogP contribution in [-0.4, -0.2) is 35.2 Å². The van der Waals surface area contributed by atoms with E-state index in [1.54, 1.807) is 0 Å². The van der Waals surface area contributed by atoms with Gasteiger partial charge >= 0.3 is 0 Å². The Kier molecular flexibility index (Phi) is 3.51. The summed E-state index contributed by atoms with van der Waals surface area (Å²) in [7, 11) is 0. The average Bonchev–Trinajstić information content (AvgIpc) is 2.28. The Balaban J connectivity index is 2.51. The third-order valence-corrected chi connectivity index (χ3v) is 3.01. The summed E-state index contributed by atoms with van der Waals surface area (Å²) in [6, 6.07) is 0. The number of hydrogen-bond acceptors (Lipinski definition) is 2. The van der Waals surface area contributed by atoms with Crippen molar-refractivity contribution in [1.29, 1.82) is 0 Å². The van der Waals surface area contributed by atoms with Crippen molar-refractivity contribution >= 4 is 0 Å². The quantitative estimate of drug-likeness (QED) is 0.670. The SMILES string of the molecule is C=CCN1CC(CCO)CC1(C)C. The van der Waals surface area contributed by atoms with Gasteiger partial charge in [-0.2, -0.15) is 0 Å². The maximum absolute atomic E-state index is 8.87. The molecule has 1 heterocycles. The molecule has 76 valence electrons. The zero-order chi connectivity index (χ0) is 9.90. The number of aliphatic hydroxyl groups excluding tert-OH is 1. The van der Waals surface area contributed by atoms with E-state index in [1.807, 2.05) is 6.08 Å². The minimum Gasteiger partial charge on any atom is -0.396 e. The molecule has 0 radical (unpaired) electrons. The van der Waals surface area contributed by atoms with Crippen LogP contribution in [0.1, 0.15) is 26.7 Å². The van der Waals surface area contributed by atoms with E-state index in [1.165, 1.54) is 6.42 Å². The van der Waals surface area contributed by atoms with Crippen LogP contribution in [0.2, 0.25) is 0 Å². The molecule has 1 atom stereocenters. The second kappa shape index (κ2) is 4.25. The van der Waals surface area contributed by atoms with Crippen LogP contribution in [0, 0.1) is 5.92 Å². The molecule has 1 fully saturated rings. The fraction of sp³-hybridized carbons (Fsp3) is 0.818. The topological polar surface area (TPSA) is 23.5 Å². The highest BCUT2D eigenvalue weighted by Gasteiger charge is 2.36. The zero-order valence-electron chi connectivity index (χ0n) is 8.79. The molecule has 0 saturated carbocycles. The van der Waals surface area contributed by atoms with Crippen molar-refractivity contribution in [1.82, 2.24) is 4.90 Å². The normalized spacial score (nSPS) is 27.8. The van der Waals surface area contributed by atoms with Crippen LogP contribution in [0.5, 0.6) is 0 Å². The van der Waals surface area contributed by atoms with Crippen LogP contribution >= 0.6 is 0 Å². The van der Waals surface area contributed by atoms with Crippen LogP contribution in [0.15, 0.2) is 12.7 Å². The molecule has 1 N–H and O–H groups in total. The van der Waals surface area contributed by atoms with Crippen molar-refractivity contribution in [3.05, 3.63) is 12.7 Å². The summed E-state index contributed by atoms with van der Waals surface area (Å²) in [5.74, 6) is 0.667. The molecule has 1 saturated heterocycles. The number of rotatable bonds is 4. The van der Waals surface area contributed by atoms with Gasteiger partial charge in [-0.05, 0) is 32.6 Å². The van der Waals surface area contributed by atoms with Gasteiger partial charge in [0.25, 0.3) is 0 Å². The minimum absolute atomic E-state index is 0.286. The second-order valence-electron chi connectivity index (χ2n) is 4.59. The van der Waals surface area contributed by atoms with Crippen molar-refractivity contribution in [3.8, 4) is 0 Å². The third-order valence-electron chi connectivity index (χ3n) is 3.01. The first-order valence-corrected chi connectivity index (χ1v) is 5.07. The summed E-state index contributed by atoms with van der Waals surface area (Å²) in [6.45, 7) is 10.7. The van der Waals surface area contributed by atoms with E-state index in [-0.39, 0.29) is 5.54 Å². The molecule has 0 aromatic rings. The van der Waals surface area contributed by atoms with E-state index in [0.29, 0.717) is 12.5 Å². The standard InChI is InChI=1S/C11H21NO/c1-4-6-12-9-10(5-7-13)8-11(12,2)3/h4,10,13H,1,5-9H2,2-3H3. The van der Waals surface area contributed by atoms with Gasteiger partial charge in [0.15, 0.2) is 0 Å². The molecule has 13 heavy (non-hydrogen) atoms. The number of nitrogens with zero attached hydrogens (tertiary/aromatic N) is 1. The largest absolute Gasteiger partial charge is 0.396 e. The lowest BCUT2D eigenvalue weighted by molar-refractivity contribution is 0.194. The molecular weight excluding hydrogens is 162 g/mol. The van der Waals surface area contributed by atoms with Crippen LogP contribution in [-0.2, 0) is 0 Å². The molecule has 1 unspecified atom stereocenters. The average molecular weight is 183 g/mol. The van der Waals surface area contributed by atoms with Crippen LogP contribution in [0.4, 0.5) is 0 Å². The van der Waals surface area contributed by atoms with Gasteiger partial charge in [0.05, 0.1) is 0 Å². The van der Waals surface area contributed by atoms with Gasteiger partial charge in [0.2, 0.25) is 0 Å². The Hall–Kier alpha value is -0.340. The summed E-state index contributed by atoms with van der Waals surface area (Å²) in [5, 5.41) is 8.87. The van der Waals surface area contributed by atoms with Crippen molar-refractivity contribution < 1.29 is 5.11 Å². The number of likely N-dealkylation sites (tertiary alicyclic amines) is 1. The fourth-order valence-electron chi connectivity index (χ4n) is 2.31. The molecule has 2 heteroatoms. The molecule has 1 aliphatic heterocycles. The Morgan fingerprint density at radius 3 is 2.85 bits per heavy atom. The molecule has 0 aromatic carbocycles. The fourth-order valence-corrected chi connectivity index (χ4v) is 2.31.